The molecule has 27 heavy (non-hydrogen) atoms. The van der Waals surface area contributed by atoms with Gasteiger partial charge < -0.3 is 20.1 Å². The van der Waals surface area contributed by atoms with Crippen LogP contribution in [-0.2, 0) is 0 Å². The summed E-state index contributed by atoms with van der Waals surface area (Å²) in [6.45, 7) is 11.0. The summed E-state index contributed by atoms with van der Waals surface area (Å²) < 4.78 is 11.3. The first-order valence-electron chi connectivity index (χ1n) is 9.73. The van der Waals surface area contributed by atoms with E-state index in [0.29, 0.717) is 12.6 Å². The van der Waals surface area contributed by atoms with Crippen molar-refractivity contribution in [3.05, 3.63) is 24.3 Å². The molecular formula is C20H35IN4O2. The van der Waals surface area contributed by atoms with Gasteiger partial charge in [-0.2, -0.15) is 0 Å². The van der Waals surface area contributed by atoms with E-state index >= 15 is 0 Å². The van der Waals surface area contributed by atoms with Crippen LogP contribution >= 0.6 is 24.0 Å². The topological polar surface area (TPSA) is 58.1 Å². The lowest BCUT2D eigenvalue weighted by Crippen LogP contribution is -2.45. The van der Waals surface area contributed by atoms with Gasteiger partial charge in [0.15, 0.2) is 17.5 Å². The van der Waals surface area contributed by atoms with E-state index in [2.05, 4.69) is 34.4 Å². The molecule has 0 radical (unpaired) electrons. The number of aliphatic imine (C=N–C) groups is 1. The largest absolute Gasteiger partial charge is 0.493 e. The van der Waals surface area contributed by atoms with Crippen LogP contribution in [0.2, 0.25) is 0 Å². The normalized spacial score (nSPS) is 18.5. The summed E-state index contributed by atoms with van der Waals surface area (Å²) in [5.41, 5.74) is 0. The van der Waals surface area contributed by atoms with Gasteiger partial charge in [-0.1, -0.05) is 19.1 Å². The Morgan fingerprint density at radius 3 is 2.67 bits per heavy atom. The van der Waals surface area contributed by atoms with Gasteiger partial charge in [0.1, 0.15) is 6.10 Å². The maximum absolute atomic E-state index is 5.98. The molecule has 1 saturated heterocycles. The molecule has 2 unspecified atom stereocenters. The van der Waals surface area contributed by atoms with Crippen LogP contribution in [-0.4, -0.2) is 62.8 Å². The fourth-order valence-electron chi connectivity index (χ4n) is 3.29. The smallest absolute Gasteiger partial charge is 0.191 e. The third kappa shape index (κ3) is 7.73. The number of nitrogens with zero attached hydrogens (tertiary/aromatic N) is 2. The summed E-state index contributed by atoms with van der Waals surface area (Å²) in [4.78, 5) is 7.22. The summed E-state index contributed by atoms with van der Waals surface area (Å²) in [5, 5.41) is 6.81. The second-order valence-corrected chi connectivity index (χ2v) is 6.60. The lowest BCUT2D eigenvalue weighted by atomic mass is 10.2. The zero-order valence-corrected chi connectivity index (χ0v) is 19.4. The Balaban J connectivity index is 0.00000364. The SMILES string of the molecule is CCNC(=NCC(C)Oc1ccccc1OC)NCC1CCCN1CC.I. The number of benzene rings is 1. The molecular weight excluding hydrogens is 455 g/mol. The van der Waals surface area contributed by atoms with E-state index in [0.717, 1.165) is 37.1 Å². The molecule has 0 saturated carbocycles. The number of rotatable bonds is 9. The maximum atomic E-state index is 5.98. The van der Waals surface area contributed by atoms with E-state index in [9.17, 15) is 0 Å². The zero-order valence-electron chi connectivity index (χ0n) is 17.0. The number of methoxy groups -OCH3 is 1. The molecule has 1 heterocycles. The molecule has 6 nitrogen and oxygen atoms in total. The van der Waals surface area contributed by atoms with Crippen LogP contribution in [0.25, 0.3) is 0 Å². The number of nitrogens with one attached hydrogen (secondary N) is 2. The van der Waals surface area contributed by atoms with Crippen molar-refractivity contribution in [1.29, 1.82) is 0 Å². The molecule has 2 N–H and O–H groups in total. The molecule has 1 aromatic rings. The van der Waals surface area contributed by atoms with E-state index < -0.39 is 0 Å². The van der Waals surface area contributed by atoms with Crippen LogP contribution in [0.4, 0.5) is 0 Å². The first-order valence-corrected chi connectivity index (χ1v) is 9.73. The highest BCUT2D eigenvalue weighted by atomic mass is 127. The van der Waals surface area contributed by atoms with Gasteiger partial charge in [0.05, 0.1) is 13.7 Å². The second-order valence-electron chi connectivity index (χ2n) is 6.60. The number of guanidine groups is 1. The predicted molar refractivity (Wildman–Crippen MR) is 123 cm³/mol. The Morgan fingerprint density at radius 1 is 1.26 bits per heavy atom. The van der Waals surface area contributed by atoms with Gasteiger partial charge in [-0.15, -0.1) is 24.0 Å². The summed E-state index contributed by atoms with van der Waals surface area (Å²) in [6.07, 6.45) is 2.51. The number of hydrogen-bond acceptors (Lipinski definition) is 4. The quantitative estimate of drug-likeness (QED) is 0.317. The lowest BCUT2D eigenvalue weighted by Gasteiger charge is -2.24. The predicted octanol–water partition coefficient (Wildman–Crippen LogP) is 3.12. The fourth-order valence-corrected chi connectivity index (χ4v) is 3.29. The average molecular weight is 490 g/mol. The monoisotopic (exact) mass is 490 g/mol. The third-order valence-electron chi connectivity index (χ3n) is 4.66. The van der Waals surface area contributed by atoms with Gasteiger partial charge >= 0.3 is 0 Å². The minimum atomic E-state index is -0.0413. The average Bonchev–Trinajstić information content (AvgIpc) is 3.12. The van der Waals surface area contributed by atoms with E-state index in [4.69, 9.17) is 9.47 Å². The molecule has 1 fully saturated rings. The number of hydrogen-bond donors (Lipinski definition) is 2. The van der Waals surface area contributed by atoms with E-state index in [1.54, 1.807) is 7.11 Å². The van der Waals surface area contributed by atoms with Crippen molar-refractivity contribution >= 4 is 29.9 Å². The summed E-state index contributed by atoms with van der Waals surface area (Å²) >= 11 is 0. The zero-order chi connectivity index (χ0) is 18.8. The molecule has 154 valence electrons. The lowest BCUT2D eigenvalue weighted by molar-refractivity contribution is 0.219. The fraction of sp³-hybridized carbons (Fsp3) is 0.650. The molecule has 7 heteroatoms. The van der Waals surface area contributed by atoms with E-state index in [1.807, 2.05) is 31.2 Å². The van der Waals surface area contributed by atoms with Crippen molar-refractivity contribution in [2.75, 3.05) is 39.8 Å². The molecule has 0 aromatic heterocycles. The molecule has 1 aliphatic heterocycles. The van der Waals surface area contributed by atoms with Crippen molar-refractivity contribution in [2.24, 2.45) is 4.99 Å². The van der Waals surface area contributed by atoms with Crippen molar-refractivity contribution in [2.45, 2.75) is 45.8 Å². The number of likely N-dealkylation sites (N-methyl/N-ethyl adjacent to an activating group) is 1. The van der Waals surface area contributed by atoms with Crippen molar-refractivity contribution in [3.63, 3.8) is 0 Å². The van der Waals surface area contributed by atoms with Crippen molar-refractivity contribution in [1.82, 2.24) is 15.5 Å². The molecule has 0 aliphatic carbocycles. The molecule has 0 spiro atoms. The molecule has 1 aromatic carbocycles. The Bertz CT molecular complexity index is 571. The molecule has 2 atom stereocenters. The number of likely N-dealkylation sites (tertiary alicyclic amines) is 1. The van der Waals surface area contributed by atoms with Crippen LogP contribution in [0.3, 0.4) is 0 Å². The van der Waals surface area contributed by atoms with Crippen LogP contribution < -0.4 is 20.1 Å². The van der Waals surface area contributed by atoms with E-state index in [-0.39, 0.29) is 30.1 Å². The van der Waals surface area contributed by atoms with Gasteiger partial charge in [-0.3, -0.25) is 4.90 Å². The highest BCUT2D eigenvalue weighted by Gasteiger charge is 2.22. The molecule has 1 aliphatic rings. The first-order chi connectivity index (χ1) is 12.7. The minimum Gasteiger partial charge on any atom is -0.493 e. The summed E-state index contributed by atoms with van der Waals surface area (Å²) in [6, 6.07) is 8.30. The number of para-hydroxylation sites is 2. The minimum absolute atomic E-state index is 0. The van der Waals surface area contributed by atoms with Crippen LogP contribution in [0.5, 0.6) is 11.5 Å². The maximum Gasteiger partial charge on any atom is 0.191 e. The summed E-state index contributed by atoms with van der Waals surface area (Å²) in [5.74, 6) is 2.35. The Hall–Kier alpha value is -1.22. The molecule has 2 rings (SSSR count). The van der Waals surface area contributed by atoms with Crippen molar-refractivity contribution in [3.8, 4) is 11.5 Å². The van der Waals surface area contributed by atoms with Crippen LogP contribution in [0.15, 0.2) is 29.3 Å². The number of ether oxygens (including phenoxy) is 2. The van der Waals surface area contributed by atoms with E-state index in [1.165, 1.54) is 19.4 Å². The third-order valence-corrected chi connectivity index (χ3v) is 4.66. The Labute approximate surface area is 181 Å². The standard InChI is InChI=1S/C20H34N4O2.HI/c1-5-21-20(23-15-17-10-9-13-24(17)6-2)22-14-16(3)26-19-12-8-7-11-18(19)25-4;/h7-8,11-12,16-17H,5-6,9-10,13-15H2,1-4H3,(H2,21,22,23);1H. The van der Waals surface area contributed by atoms with Gasteiger partial charge in [-0.05, 0) is 51.9 Å². The Kier molecular flexibility index (Phi) is 11.5. The second kappa shape index (κ2) is 13.0. The van der Waals surface area contributed by atoms with Crippen LogP contribution in [0.1, 0.15) is 33.6 Å². The van der Waals surface area contributed by atoms with Gasteiger partial charge in [0.2, 0.25) is 0 Å². The highest BCUT2D eigenvalue weighted by molar-refractivity contribution is 14.0. The van der Waals surface area contributed by atoms with Crippen molar-refractivity contribution < 1.29 is 9.47 Å². The first kappa shape index (κ1) is 23.8. The van der Waals surface area contributed by atoms with Gasteiger partial charge in [0.25, 0.3) is 0 Å². The van der Waals surface area contributed by atoms with Gasteiger partial charge in [-0.25, -0.2) is 4.99 Å². The molecule has 0 bridgehead atoms. The summed E-state index contributed by atoms with van der Waals surface area (Å²) in [7, 11) is 1.65. The number of halogens is 1. The highest BCUT2D eigenvalue weighted by Crippen LogP contribution is 2.26. The Morgan fingerprint density at radius 2 is 2.00 bits per heavy atom. The van der Waals surface area contributed by atoms with Crippen LogP contribution in [0, 0.1) is 0 Å². The molecule has 0 amide bonds. The van der Waals surface area contributed by atoms with Gasteiger partial charge in [0, 0.05) is 19.1 Å².